The van der Waals surface area contributed by atoms with Gasteiger partial charge in [-0.1, -0.05) is 18.2 Å². The molecule has 0 spiro atoms. The third-order valence-corrected chi connectivity index (χ3v) is 4.63. The molecule has 0 bridgehead atoms. The highest BCUT2D eigenvalue weighted by atomic mass is 32.1. The Morgan fingerprint density at radius 2 is 1.92 bits per heavy atom. The summed E-state index contributed by atoms with van der Waals surface area (Å²) in [6.07, 6.45) is 0. The van der Waals surface area contributed by atoms with E-state index in [2.05, 4.69) is 15.0 Å². The molecule has 0 saturated carbocycles. The van der Waals surface area contributed by atoms with Crippen LogP contribution >= 0.6 is 11.3 Å². The number of aryl methyl sites for hydroxylation is 2. The molecule has 3 rings (SSSR count). The zero-order valence-corrected chi connectivity index (χ0v) is 14.9. The molecule has 0 unspecified atom stereocenters. The number of amides is 1. The van der Waals surface area contributed by atoms with E-state index in [0.717, 1.165) is 11.1 Å². The van der Waals surface area contributed by atoms with Gasteiger partial charge in [-0.3, -0.25) is 10.1 Å². The van der Waals surface area contributed by atoms with Crippen LogP contribution in [0.15, 0.2) is 47.8 Å². The van der Waals surface area contributed by atoms with Gasteiger partial charge in [-0.15, -0.1) is 11.3 Å². The highest BCUT2D eigenvalue weighted by Gasteiger charge is 2.15. The number of para-hydroxylation sites is 1. The molecule has 1 amide bonds. The van der Waals surface area contributed by atoms with Crippen LogP contribution in [0.2, 0.25) is 0 Å². The minimum absolute atomic E-state index is 0.0415. The Morgan fingerprint density at radius 3 is 2.65 bits per heavy atom. The van der Waals surface area contributed by atoms with Gasteiger partial charge in [0.25, 0.3) is 5.91 Å². The molecule has 26 heavy (non-hydrogen) atoms. The van der Waals surface area contributed by atoms with Crippen molar-refractivity contribution in [3.63, 3.8) is 0 Å². The maximum Gasteiger partial charge on any atom is 0.387 e. The minimum atomic E-state index is -2.92. The van der Waals surface area contributed by atoms with E-state index in [1.807, 2.05) is 26.0 Å². The molecule has 1 heterocycles. The second kappa shape index (κ2) is 7.61. The van der Waals surface area contributed by atoms with E-state index in [-0.39, 0.29) is 11.7 Å². The molecule has 7 heteroatoms. The summed E-state index contributed by atoms with van der Waals surface area (Å²) in [4.78, 5) is 16.7. The normalized spacial score (nSPS) is 10.8. The van der Waals surface area contributed by atoms with E-state index < -0.39 is 6.61 Å². The van der Waals surface area contributed by atoms with E-state index in [1.54, 1.807) is 29.6 Å². The third-order valence-electron chi connectivity index (χ3n) is 3.87. The van der Waals surface area contributed by atoms with Crippen LogP contribution in [-0.4, -0.2) is 17.5 Å². The number of carbonyl (C=O) groups is 1. The fourth-order valence-corrected chi connectivity index (χ4v) is 3.09. The van der Waals surface area contributed by atoms with Gasteiger partial charge in [-0.2, -0.15) is 8.78 Å². The van der Waals surface area contributed by atoms with Crippen molar-refractivity contribution in [2.24, 2.45) is 0 Å². The van der Waals surface area contributed by atoms with E-state index in [4.69, 9.17) is 0 Å². The Labute approximate surface area is 153 Å². The zero-order chi connectivity index (χ0) is 18.7. The molecule has 0 aliphatic heterocycles. The molecule has 1 aromatic heterocycles. The van der Waals surface area contributed by atoms with E-state index in [0.29, 0.717) is 22.0 Å². The number of ether oxygens (including phenoxy) is 1. The molecular weight excluding hydrogens is 358 g/mol. The van der Waals surface area contributed by atoms with Gasteiger partial charge in [-0.25, -0.2) is 4.98 Å². The average molecular weight is 374 g/mol. The molecule has 0 saturated heterocycles. The second-order valence-corrected chi connectivity index (χ2v) is 6.52. The number of nitrogens with zero attached hydrogens (tertiary/aromatic N) is 1. The molecule has 134 valence electrons. The van der Waals surface area contributed by atoms with Crippen LogP contribution in [0.5, 0.6) is 5.75 Å². The largest absolute Gasteiger partial charge is 0.434 e. The van der Waals surface area contributed by atoms with Gasteiger partial charge in [0, 0.05) is 16.5 Å². The first-order chi connectivity index (χ1) is 12.4. The average Bonchev–Trinajstić information content (AvgIpc) is 3.05. The van der Waals surface area contributed by atoms with Gasteiger partial charge in [0.05, 0.1) is 5.69 Å². The van der Waals surface area contributed by atoms with E-state index in [9.17, 15) is 13.6 Å². The van der Waals surface area contributed by atoms with Crippen LogP contribution in [0.25, 0.3) is 11.3 Å². The number of anilines is 1. The zero-order valence-electron chi connectivity index (χ0n) is 14.1. The van der Waals surface area contributed by atoms with Crippen LogP contribution < -0.4 is 10.1 Å². The number of carbonyl (C=O) groups excluding carboxylic acids is 1. The van der Waals surface area contributed by atoms with E-state index >= 15 is 0 Å². The van der Waals surface area contributed by atoms with Crippen molar-refractivity contribution in [3.8, 4) is 17.0 Å². The molecule has 2 aromatic carbocycles. The Bertz CT molecular complexity index is 941. The van der Waals surface area contributed by atoms with Crippen molar-refractivity contribution in [2.75, 3.05) is 5.32 Å². The number of benzene rings is 2. The van der Waals surface area contributed by atoms with Crippen molar-refractivity contribution in [3.05, 3.63) is 64.5 Å². The van der Waals surface area contributed by atoms with Gasteiger partial charge < -0.3 is 4.74 Å². The lowest BCUT2D eigenvalue weighted by Crippen LogP contribution is -2.12. The maximum atomic E-state index is 12.5. The molecular formula is C19H16F2N2O2S. The summed E-state index contributed by atoms with van der Waals surface area (Å²) >= 11 is 1.22. The molecule has 0 atom stereocenters. The van der Waals surface area contributed by atoms with Gasteiger partial charge >= 0.3 is 6.61 Å². The lowest BCUT2D eigenvalue weighted by Gasteiger charge is -2.08. The van der Waals surface area contributed by atoms with Crippen LogP contribution in [0.1, 0.15) is 21.5 Å². The predicted octanol–water partition coefficient (Wildman–Crippen LogP) is 5.28. The van der Waals surface area contributed by atoms with Crippen molar-refractivity contribution in [2.45, 2.75) is 20.5 Å². The quantitative estimate of drug-likeness (QED) is 0.661. The Hall–Kier alpha value is -2.80. The number of alkyl halides is 2. The van der Waals surface area contributed by atoms with Gasteiger partial charge in [0.2, 0.25) is 0 Å². The highest BCUT2D eigenvalue weighted by Crippen LogP contribution is 2.33. The molecule has 3 aromatic rings. The van der Waals surface area contributed by atoms with Crippen molar-refractivity contribution in [1.29, 1.82) is 0 Å². The monoisotopic (exact) mass is 374 g/mol. The number of aromatic nitrogens is 1. The van der Waals surface area contributed by atoms with E-state index in [1.165, 1.54) is 17.4 Å². The predicted molar refractivity (Wildman–Crippen MR) is 98.1 cm³/mol. The number of nitrogens with one attached hydrogen (secondary N) is 1. The highest BCUT2D eigenvalue weighted by molar-refractivity contribution is 7.14. The Balaban J connectivity index is 1.80. The lowest BCUT2D eigenvalue weighted by atomic mass is 10.1. The first-order valence-corrected chi connectivity index (χ1v) is 8.70. The van der Waals surface area contributed by atoms with Crippen molar-refractivity contribution in [1.82, 2.24) is 4.98 Å². The smallest absolute Gasteiger partial charge is 0.387 e. The lowest BCUT2D eigenvalue weighted by molar-refractivity contribution is -0.0494. The SMILES string of the molecule is Cc1ccc(C(=O)Nc2nc(-c3ccccc3OC(F)F)cs2)cc1C. The summed E-state index contributed by atoms with van der Waals surface area (Å²) in [5, 5.41) is 4.80. The summed E-state index contributed by atoms with van der Waals surface area (Å²) in [7, 11) is 0. The second-order valence-electron chi connectivity index (χ2n) is 5.67. The number of hydrogen-bond donors (Lipinski definition) is 1. The van der Waals surface area contributed by atoms with Crippen LogP contribution in [0, 0.1) is 13.8 Å². The standard InChI is InChI=1S/C19H16F2N2O2S/c1-11-7-8-13(9-12(11)2)17(24)23-19-22-15(10-26-19)14-5-3-4-6-16(14)25-18(20)21/h3-10,18H,1-2H3,(H,22,23,24). The van der Waals surface area contributed by atoms with Crippen LogP contribution in [0.3, 0.4) is 0 Å². The summed E-state index contributed by atoms with van der Waals surface area (Å²) in [6, 6.07) is 11.9. The fraction of sp³-hybridized carbons (Fsp3) is 0.158. The molecule has 4 nitrogen and oxygen atoms in total. The van der Waals surface area contributed by atoms with Crippen LogP contribution in [-0.2, 0) is 0 Å². The van der Waals surface area contributed by atoms with Gasteiger partial charge in [-0.05, 0) is 49.2 Å². The van der Waals surface area contributed by atoms with Crippen molar-refractivity contribution < 1.29 is 18.3 Å². The number of hydrogen-bond acceptors (Lipinski definition) is 4. The fourth-order valence-electron chi connectivity index (χ4n) is 2.38. The van der Waals surface area contributed by atoms with Gasteiger partial charge in [0.1, 0.15) is 5.75 Å². The number of halogens is 2. The molecule has 0 radical (unpaired) electrons. The summed E-state index contributed by atoms with van der Waals surface area (Å²) in [6.45, 7) is 0.995. The molecule has 1 N–H and O–H groups in total. The molecule has 0 aliphatic rings. The molecule has 0 fully saturated rings. The molecule has 0 aliphatic carbocycles. The summed E-state index contributed by atoms with van der Waals surface area (Å²) in [5.74, 6) is -0.231. The Morgan fingerprint density at radius 1 is 1.15 bits per heavy atom. The first-order valence-electron chi connectivity index (χ1n) is 7.82. The van der Waals surface area contributed by atoms with Gasteiger partial charge in [0.15, 0.2) is 5.13 Å². The van der Waals surface area contributed by atoms with Crippen LogP contribution in [0.4, 0.5) is 13.9 Å². The Kier molecular flexibility index (Phi) is 5.27. The summed E-state index contributed by atoms with van der Waals surface area (Å²) < 4.78 is 29.6. The third kappa shape index (κ3) is 4.05. The summed E-state index contributed by atoms with van der Waals surface area (Å²) in [5.41, 5.74) is 3.56. The van der Waals surface area contributed by atoms with Crippen molar-refractivity contribution >= 4 is 22.4 Å². The number of thiazole rings is 1. The minimum Gasteiger partial charge on any atom is -0.434 e. The maximum absolute atomic E-state index is 12.5. The first kappa shape index (κ1) is 18.0. The number of rotatable bonds is 5. The topological polar surface area (TPSA) is 51.2 Å².